The molecular weight excluding hydrogens is 386 g/mol. The Morgan fingerprint density at radius 3 is 2.48 bits per heavy atom. The zero-order valence-corrected chi connectivity index (χ0v) is 17.1. The van der Waals surface area contributed by atoms with Crippen LogP contribution in [0.2, 0.25) is 0 Å². The van der Waals surface area contributed by atoms with Crippen LogP contribution >= 0.6 is 12.2 Å². The Hall–Kier alpha value is -2.93. The highest BCUT2D eigenvalue weighted by Crippen LogP contribution is 2.26. The van der Waals surface area contributed by atoms with Crippen molar-refractivity contribution < 1.29 is 14.0 Å². The highest BCUT2D eigenvalue weighted by Gasteiger charge is 2.34. The number of carbonyl (C=O) groups excluding carboxylic acids is 2. The molecule has 0 radical (unpaired) electrons. The number of amides is 2. The largest absolute Gasteiger partial charge is 0.441 e. The molecule has 1 aromatic heterocycles. The summed E-state index contributed by atoms with van der Waals surface area (Å²) in [4.78, 5) is 29.0. The molecule has 2 aliphatic rings. The molecule has 2 aromatic rings. The van der Waals surface area contributed by atoms with Crippen molar-refractivity contribution in [3.8, 4) is 0 Å². The van der Waals surface area contributed by atoms with Crippen molar-refractivity contribution in [2.24, 2.45) is 0 Å². The summed E-state index contributed by atoms with van der Waals surface area (Å²) in [6.45, 7) is 3.98. The van der Waals surface area contributed by atoms with E-state index >= 15 is 0 Å². The third-order valence-electron chi connectivity index (χ3n) is 5.27. The smallest absolute Gasteiger partial charge is 0.270 e. The van der Waals surface area contributed by atoms with Crippen LogP contribution in [0.25, 0.3) is 6.08 Å². The van der Waals surface area contributed by atoms with Crippen molar-refractivity contribution in [1.29, 1.82) is 0 Å². The average molecular weight is 410 g/mol. The molecule has 2 saturated heterocycles. The van der Waals surface area contributed by atoms with Gasteiger partial charge in [0, 0.05) is 19.2 Å². The van der Waals surface area contributed by atoms with Gasteiger partial charge in [-0.15, -0.1) is 0 Å². The van der Waals surface area contributed by atoms with E-state index in [1.165, 1.54) is 17.4 Å². The molecular formula is C22H23N3O3S. The highest BCUT2D eigenvalue weighted by atomic mass is 32.1. The van der Waals surface area contributed by atoms with Crippen molar-refractivity contribution in [1.82, 2.24) is 5.32 Å². The summed E-state index contributed by atoms with van der Waals surface area (Å²) in [5.41, 5.74) is 1.78. The first-order chi connectivity index (χ1) is 14.1. The van der Waals surface area contributed by atoms with E-state index in [4.69, 9.17) is 16.6 Å². The molecule has 0 saturated carbocycles. The van der Waals surface area contributed by atoms with E-state index in [0.717, 1.165) is 43.8 Å². The van der Waals surface area contributed by atoms with Gasteiger partial charge in [-0.3, -0.25) is 19.8 Å². The van der Waals surface area contributed by atoms with Gasteiger partial charge in [-0.1, -0.05) is 19.1 Å². The molecule has 2 fully saturated rings. The molecule has 6 nitrogen and oxygen atoms in total. The van der Waals surface area contributed by atoms with E-state index in [0.29, 0.717) is 11.4 Å². The zero-order chi connectivity index (χ0) is 20.4. The third-order valence-corrected chi connectivity index (χ3v) is 5.56. The molecule has 0 aliphatic carbocycles. The fourth-order valence-corrected chi connectivity index (χ4v) is 3.90. The van der Waals surface area contributed by atoms with Gasteiger partial charge in [0.2, 0.25) is 0 Å². The molecule has 0 bridgehead atoms. The Kier molecular flexibility index (Phi) is 5.49. The summed E-state index contributed by atoms with van der Waals surface area (Å²) in [6, 6.07) is 11.2. The first-order valence-electron chi connectivity index (χ1n) is 9.92. The SMILES string of the molecule is CCc1ccc(N2C(=O)/C(=C/c3ccc(N4CCCCC4)o3)C(=O)NC2=S)cc1. The second kappa shape index (κ2) is 8.21. The number of carbonyl (C=O) groups is 2. The van der Waals surface area contributed by atoms with Crippen LogP contribution in [0.15, 0.2) is 46.4 Å². The number of furan rings is 1. The van der Waals surface area contributed by atoms with Gasteiger partial charge >= 0.3 is 0 Å². The molecule has 3 heterocycles. The topological polar surface area (TPSA) is 65.8 Å². The summed E-state index contributed by atoms with van der Waals surface area (Å²) in [6.07, 6.45) is 5.90. The monoisotopic (exact) mass is 409 g/mol. The summed E-state index contributed by atoms with van der Waals surface area (Å²) in [5.74, 6) is 0.261. The van der Waals surface area contributed by atoms with Gasteiger partial charge in [-0.25, -0.2) is 0 Å². The standard InChI is InChI=1S/C22H23N3O3S/c1-2-15-6-8-16(9-7-15)25-21(27)18(20(26)23-22(25)29)14-17-10-11-19(28-17)24-12-4-3-5-13-24/h6-11,14H,2-5,12-13H2,1H3,(H,23,26,29)/b18-14+. The van der Waals surface area contributed by atoms with Crippen molar-refractivity contribution in [3.05, 3.63) is 53.3 Å². The summed E-state index contributed by atoms with van der Waals surface area (Å²) < 4.78 is 5.89. The Morgan fingerprint density at radius 2 is 1.79 bits per heavy atom. The lowest BCUT2D eigenvalue weighted by molar-refractivity contribution is -0.122. The lowest BCUT2D eigenvalue weighted by atomic mass is 10.1. The predicted octanol–water partition coefficient (Wildman–Crippen LogP) is 3.66. The molecule has 4 rings (SSSR count). The van der Waals surface area contributed by atoms with Crippen LogP contribution in [0.5, 0.6) is 0 Å². The van der Waals surface area contributed by atoms with Crippen molar-refractivity contribution in [2.75, 3.05) is 22.9 Å². The van der Waals surface area contributed by atoms with Crippen LogP contribution in [0.4, 0.5) is 11.6 Å². The van der Waals surface area contributed by atoms with Crippen LogP contribution in [-0.2, 0) is 16.0 Å². The van der Waals surface area contributed by atoms with E-state index < -0.39 is 11.8 Å². The number of piperidine rings is 1. The number of rotatable bonds is 4. The van der Waals surface area contributed by atoms with Crippen LogP contribution in [-0.4, -0.2) is 30.0 Å². The number of benzene rings is 1. The molecule has 7 heteroatoms. The van der Waals surface area contributed by atoms with Crippen LogP contribution in [0, 0.1) is 0 Å². The van der Waals surface area contributed by atoms with Crippen molar-refractivity contribution in [3.63, 3.8) is 0 Å². The van der Waals surface area contributed by atoms with Crippen LogP contribution in [0.3, 0.4) is 0 Å². The summed E-state index contributed by atoms with van der Waals surface area (Å²) in [5, 5.41) is 2.68. The molecule has 0 atom stereocenters. The fraction of sp³-hybridized carbons (Fsp3) is 0.318. The normalized spacial score (nSPS) is 19.1. The Morgan fingerprint density at radius 1 is 1.07 bits per heavy atom. The summed E-state index contributed by atoms with van der Waals surface area (Å²) in [7, 11) is 0. The number of hydrogen-bond donors (Lipinski definition) is 1. The molecule has 29 heavy (non-hydrogen) atoms. The number of aryl methyl sites for hydroxylation is 1. The lowest BCUT2D eigenvalue weighted by Gasteiger charge is -2.29. The number of nitrogens with zero attached hydrogens (tertiary/aromatic N) is 2. The zero-order valence-electron chi connectivity index (χ0n) is 16.3. The van der Waals surface area contributed by atoms with E-state index in [1.54, 1.807) is 6.07 Å². The molecule has 0 spiro atoms. The third kappa shape index (κ3) is 3.96. The lowest BCUT2D eigenvalue weighted by Crippen LogP contribution is -2.54. The van der Waals surface area contributed by atoms with Crippen molar-refractivity contribution >= 4 is 46.8 Å². The van der Waals surface area contributed by atoms with Crippen LogP contribution < -0.4 is 15.1 Å². The number of hydrogen-bond acceptors (Lipinski definition) is 5. The number of nitrogens with one attached hydrogen (secondary N) is 1. The Labute approximate surface area is 175 Å². The maximum absolute atomic E-state index is 13.1. The second-order valence-electron chi connectivity index (χ2n) is 7.20. The molecule has 1 N–H and O–H groups in total. The molecule has 0 unspecified atom stereocenters. The van der Waals surface area contributed by atoms with Gasteiger partial charge in [-0.05, 0) is 67.7 Å². The molecule has 150 valence electrons. The van der Waals surface area contributed by atoms with Crippen LogP contribution in [0.1, 0.15) is 37.5 Å². The molecule has 2 aliphatic heterocycles. The Bertz CT molecular complexity index is 971. The average Bonchev–Trinajstić information content (AvgIpc) is 3.21. The number of anilines is 2. The van der Waals surface area contributed by atoms with E-state index in [-0.39, 0.29) is 10.7 Å². The minimum atomic E-state index is -0.516. The van der Waals surface area contributed by atoms with Gasteiger partial charge in [0.15, 0.2) is 11.0 Å². The molecule has 2 amide bonds. The number of thiocarbonyl (C=S) groups is 1. The first-order valence-corrected chi connectivity index (χ1v) is 10.3. The van der Waals surface area contributed by atoms with Gasteiger partial charge in [0.1, 0.15) is 11.3 Å². The predicted molar refractivity (Wildman–Crippen MR) is 117 cm³/mol. The minimum Gasteiger partial charge on any atom is -0.441 e. The first kappa shape index (κ1) is 19.4. The maximum Gasteiger partial charge on any atom is 0.270 e. The second-order valence-corrected chi connectivity index (χ2v) is 7.59. The van der Waals surface area contributed by atoms with Gasteiger partial charge in [0.05, 0.1) is 5.69 Å². The Balaban J connectivity index is 1.60. The fourth-order valence-electron chi connectivity index (χ4n) is 3.62. The van der Waals surface area contributed by atoms with Gasteiger partial charge < -0.3 is 9.32 Å². The van der Waals surface area contributed by atoms with Gasteiger partial charge in [0.25, 0.3) is 11.8 Å². The quantitative estimate of drug-likeness (QED) is 0.474. The molecule has 1 aromatic carbocycles. The minimum absolute atomic E-state index is 0.00212. The van der Waals surface area contributed by atoms with E-state index in [2.05, 4.69) is 17.1 Å². The summed E-state index contributed by atoms with van der Waals surface area (Å²) >= 11 is 5.25. The van der Waals surface area contributed by atoms with E-state index in [9.17, 15) is 9.59 Å². The van der Waals surface area contributed by atoms with Gasteiger partial charge in [-0.2, -0.15) is 0 Å². The van der Waals surface area contributed by atoms with E-state index in [1.807, 2.05) is 30.3 Å². The maximum atomic E-state index is 13.1. The van der Waals surface area contributed by atoms with Crippen molar-refractivity contribution in [2.45, 2.75) is 32.6 Å². The highest BCUT2D eigenvalue weighted by molar-refractivity contribution is 7.80.